The summed E-state index contributed by atoms with van der Waals surface area (Å²) in [5, 5.41) is 12.3. The molecule has 0 fully saturated rings. The molecular weight excluding hydrogens is 391 g/mol. The molecule has 0 bridgehead atoms. The molecule has 0 unspecified atom stereocenters. The van der Waals surface area contributed by atoms with Crippen LogP contribution in [0.2, 0.25) is 0 Å². The van der Waals surface area contributed by atoms with E-state index < -0.39 is 5.82 Å². The molecule has 6 heteroatoms. The SMILES string of the molecule is Cc1nccn1-c1ccc(CNC(=O)c2ccccc2-c2ccccc2C#N)cc1F. The van der Waals surface area contributed by atoms with E-state index in [0.29, 0.717) is 39.3 Å². The van der Waals surface area contributed by atoms with Gasteiger partial charge in [0.25, 0.3) is 5.91 Å². The van der Waals surface area contributed by atoms with Gasteiger partial charge in [-0.15, -0.1) is 0 Å². The molecule has 1 N–H and O–H groups in total. The third-order valence-corrected chi connectivity index (χ3v) is 5.06. The Bertz CT molecular complexity index is 1300. The molecule has 31 heavy (non-hydrogen) atoms. The molecule has 4 aromatic rings. The molecule has 0 radical (unpaired) electrons. The number of nitrogens with zero attached hydrogens (tertiary/aromatic N) is 3. The fourth-order valence-corrected chi connectivity index (χ4v) is 3.50. The Morgan fingerprint density at radius 1 is 1.10 bits per heavy atom. The highest BCUT2D eigenvalue weighted by molar-refractivity contribution is 6.01. The van der Waals surface area contributed by atoms with Crippen LogP contribution in [0.5, 0.6) is 0 Å². The van der Waals surface area contributed by atoms with Gasteiger partial charge >= 0.3 is 0 Å². The Morgan fingerprint density at radius 3 is 2.55 bits per heavy atom. The summed E-state index contributed by atoms with van der Waals surface area (Å²) < 4.78 is 16.3. The Kier molecular flexibility index (Phi) is 5.59. The number of nitrogens with one attached hydrogen (secondary N) is 1. The summed E-state index contributed by atoms with van der Waals surface area (Å²) >= 11 is 0. The molecule has 0 aliphatic rings. The van der Waals surface area contributed by atoms with Crippen LogP contribution < -0.4 is 5.32 Å². The molecule has 152 valence electrons. The van der Waals surface area contributed by atoms with Crippen LogP contribution in [-0.2, 0) is 6.54 Å². The first kappa shape index (κ1) is 20.0. The van der Waals surface area contributed by atoms with E-state index in [4.69, 9.17) is 0 Å². The largest absolute Gasteiger partial charge is 0.348 e. The lowest BCUT2D eigenvalue weighted by atomic mass is 9.95. The van der Waals surface area contributed by atoms with E-state index in [0.717, 1.165) is 0 Å². The van der Waals surface area contributed by atoms with Gasteiger partial charge in [0.15, 0.2) is 0 Å². The summed E-state index contributed by atoms with van der Waals surface area (Å²) in [6.45, 7) is 1.97. The smallest absolute Gasteiger partial charge is 0.252 e. The van der Waals surface area contributed by atoms with E-state index in [1.807, 2.05) is 24.3 Å². The Labute approximate surface area is 179 Å². The molecule has 3 aromatic carbocycles. The first-order chi connectivity index (χ1) is 15.1. The number of carbonyl (C=O) groups excluding carboxylic acids is 1. The molecule has 5 nitrogen and oxygen atoms in total. The van der Waals surface area contributed by atoms with Gasteiger partial charge in [0.2, 0.25) is 0 Å². The van der Waals surface area contributed by atoms with Gasteiger partial charge < -0.3 is 9.88 Å². The fraction of sp³-hybridized carbons (Fsp3) is 0.0800. The van der Waals surface area contributed by atoms with Gasteiger partial charge in [-0.3, -0.25) is 4.79 Å². The highest BCUT2D eigenvalue weighted by Gasteiger charge is 2.15. The molecule has 0 atom stereocenters. The summed E-state index contributed by atoms with van der Waals surface area (Å²) in [5.74, 6) is 0.00342. The van der Waals surface area contributed by atoms with E-state index in [1.165, 1.54) is 6.07 Å². The van der Waals surface area contributed by atoms with Crippen molar-refractivity contribution in [2.45, 2.75) is 13.5 Å². The maximum absolute atomic E-state index is 14.6. The van der Waals surface area contributed by atoms with Crippen molar-refractivity contribution in [2.24, 2.45) is 0 Å². The maximum atomic E-state index is 14.6. The lowest BCUT2D eigenvalue weighted by Crippen LogP contribution is -2.23. The van der Waals surface area contributed by atoms with Crippen LogP contribution in [0.3, 0.4) is 0 Å². The molecule has 4 rings (SSSR count). The average molecular weight is 410 g/mol. The second-order valence-corrected chi connectivity index (χ2v) is 7.02. The van der Waals surface area contributed by atoms with Crippen molar-refractivity contribution in [3.05, 3.63) is 107 Å². The summed E-state index contributed by atoms with van der Waals surface area (Å²) in [5.41, 5.74) is 3.37. The molecule has 0 saturated heterocycles. The van der Waals surface area contributed by atoms with Crippen molar-refractivity contribution in [2.75, 3.05) is 0 Å². The molecule has 1 amide bonds. The molecule has 1 aromatic heterocycles. The zero-order valence-corrected chi connectivity index (χ0v) is 16.8. The first-order valence-electron chi connectivity index (χ1n) is 9.74. The summed E-state index contributed by atoms with van der Waals surface area (Å²) in [6, 6.07) is 21.3. The number of aromatic nitrogens is 2. The Balaban J connectivity index is 1.55. The van der Waals surface area contributed by atoms with Crippen molar-refractivity contribution >= 4 is 5.91 Å². The predicted molar refractivity (Wildman–Crippen MR) is 116 cm³/mol. The number of rotatable bonds is 5. The minimum absolute atomic E-state index is 0.174. The van der Waals surface area contributed by atoms with Crippen molar-refractivity contribution < 1.29 is 9.18 Å². The standard InChI is InChI=1S/C25H19FN4O/c1-17-28-12-13-30(17)24-11-10-18(14-23(24)26)16-29-25(31)22-9-5-4-8-21(22)20-7-3-2-6-19(20)15-27/h2-14H,16H2,1H3,(H,29,31). The van der Waals surface area contributed by atoms with Crippen molar-refractivity contribution in [3.8, 4) is 22.9 Å². The average Bonchev–Trinajstić information content (AvgIpc) is 3.23. The molecule has 1 heterocycles. The molecule has 0 aliphatic carbocycles. The number of benzene rings is 3. The van der Waals surface area contributed by atoms with Gasteiger partial charge in [0, 0.05) is 30.1 Å². The second kappa shape index (κ2) is 8.64. The molecule has 0 spiro atoms. The molecule has 0 saturated carbocycles. The zero-order chi connectivity index (χ0) is 21.8. The van der Waals surface area contributed by atoms with E-state index >= 15 is 0 Å². The Hall–Kier alpha value is -4.24. The topological polar surface area (TPSA) is 70.7 Å². The van der Waals surface area contributed by atoms with E-state index in [-0.39, 0.29) is 12.5 Å². The number of aryl methyl sites for hydroxylation is 1. The van der Waals surface area contributed by atoms with Crippen molar-refractivity contribution in [1.29, 1.82) is 5.26 Å². The lowest BCUT2D eigenvalue weighted by molar-refractivity contribution is 0.0951. The lowest BCUT2D eigenvalue weighted by Gasteiger charge is -2.12. The van der Waals surface area contributed by atoms with Crippen LogP contribution in [0.1, 0.15) is 27.3 Å². The highest BCUT2D eigenvalue weighted by Crippen LogP contribution is 2.27. The predicted octanol–water partition coefficient (Wildman–Crippen LogP) is 4.79. The van der Waals surface area contributed by atoms with Gasteiger partial charge in [0.1, 0.15) is 11.6 Å². The van der Waals surface area contributed by atoms with Gasteiger partial charge in [-0.25, -0.2) is 9.37 Å². The zero-order valence-electron chi connectivity index (χ0n) is 16.8. The van der Waals surface area contributed by atoms with Crippen LogP contribution in [0.15, 0.2) is 79.1 Å². The number of amides is 1. The minimum Gasteiger partial charge on any atom is -0.348 e. The normalized spacial score (nSPS) is 10.5. The van der Waals surface area contributed by atoms with Crippen LogP contribution in [0.4, 0.5) is 4.39 Å². The van der Waals surface area contributed by atoms with Crippen LogP contribution >= 0.6 is 0 Å². The van der Waals surface area contributed by atoms with E-state index in [1.54, 1.807) is 60.3 Å². The third kappa shape index (κ3) is 4.07. The van der Waals surface area contributed by atoms with Crippen LogP contribution in [-0.4, -0.2) is 15.5 Å². The van der Waals surface area contributed by atoms with E-state index in [2.05, 4.69) is 16.4 Å². The number of hydrogen-bond donors (Lipinski definition) is 1. The van der Waals surface area contributed by atoms with Gasteiger partial charge in [-0.1, -0.05) is 42.5 Å². The molecule has 0 aliphatic heterocycles. The first-order valence-corrected chi connectivity index (χ1v) is 9.74. The number of nitriles is 1. The highest BCUT2D eigenvalue weighted by atomic mass is 19.1. The second-order valence-electron chi connectivity index (χ2n) is 7.02. The number of halogens is 1. The van der Waals surface area contributed by atoms with Crippen molar-refractivity contribution in [3.63, 3.8) is 0 Å². The monoisotopic (exact) mass is 410 g/mol. The minimum atomic E-state index is -0.392. The molecular formula is C25H19FN4O. The van der Waals surface area contributed by atoms with Gasteiger partial charge in [-0.2, -0.15) is 5.26 Å². The number of hydrogen-bond acceptors (Lipinski definition) is 3. The van der Waals surface area contributed by atoms with Crippen molar-refractivity contribution in [1.82, 2.24) is 14.9 Å². The quantitative estimate of drug-likeness (QED) is 0.514. The van der Waals surface area contributed by atoms with Gasteiger partial charge in [-0.05, 0) is 42.3 Å². The third-order valence-electron chi connectivity index (χ3n) is 5.06. The van der Waals surface area contributed by atoms with E-state index in [9.17, 15) is 14.4 Å². The van der Waals surface area contributed by atoms with Crippen LogP contribution in [0, 0.1) is 24.1 Å². The van der Waals surface area contributed by atoms with Crippen LogP contribution in [0.25, 0.3) is 16.8 Å². The summed E-state index contributed by atoms with van der Waals surface area (Å²) in [6.07, 6.45) is 3.32. The Morgan fingerprint density at radius 2 is 1.84 bits per heavy atom. The summed E-state index contributed by atoms with van der Waals surface area (Å²) in [7, 11) is 0. The summed E-state index contributed by atoms with van der Waals surface area (Å²) in [4.78, 5) is 17.0. The fourth-order valence-electron chi connectivity index (χ4n) is 3.50. The maximum Gasteiger partial charge on any atom is 0.252 e. The number of imidazole rings is 1. The number of carbonyl (C=O) groups is 1. The van der Waals surface area contributed by atoms with Gasteiger partial charge in [0.05, 0.1) is 17.3 Å².